The number of halogens is 1. The van der Waals surface area contributed by atoms with Crippen molar-refractivity contribution in [2.75, 3.05) is 13.1 Å². The van der Waals surface area contributed by atoms with Gasteiger partial charge in [-0.1, -0.05) is 13.3 Å². The van der Waals surface area contributed by atoms with Crippen LogP contribution in [-0.2, 0) is 6.42 Å². The van der Waals surface area contributed by atoms with E-state index in [2.05, 4.69) is 22.2 Å². The Bertz CT molecular complexity index is 589. The molecule has 4 nitrogen and oxygen atoms in total. The lowest BCUT2D eigenvalue weighted by Gasteiger charge is -2.05. The fourth-order valence-electron chi connectivity index (χ4n) is 2.10. The molecule has 20 heavy (non-hydrogen) atoms. The number of fused-ring (bicyclic) bond motifs is 1. The van der Waals surface area contributed by atoms with Crippen LogP contribution in [-0.4, -0.2) is 24.0 Å². The topological polar surface area (TPSA) is 66.2 Å². The first-order valence-electron chi connectivity index (χ1n) is 7.00. The van der Waals surface area contributed by atoms with Gasteiger partial charge in [0, 0.05) is 30.2 Å². The fraction of sp³-hybridized carbons (Fsp3) is 0.400. The van der Waals surface area contributed by atoms with Crippen molar-refractivity contribution in [3.05, 3.63) is 35.8 Å². The van der Waals surface area contributed by atoms with E-state index in [1.165, 1.54) is 12.1 Å². The highest BCUT2D eigenvalue weighted by molar-refractivity contribution is 5.83. The number of rotatable bonds is 6. The van der Waals surface area contributed by atoms with Crippen LogP contribution in [0.3, 0.4) is 0 Å². The van der Waals surface area contributed by atoms with E-state index < -0.39 is 0 Å². The van der Waals surface area contributed by atoms with Crippen molar-refractivity contribution in [3.8, 4) is 0 Å². The molecule has 0 fully saturated rings. The summed E-state index contributed by atoms with van der Waals surface area (Å²) in [6.45, 7) is 3.60. The molecular formula is C15H21FN4. The second-order valence-corrected chi connectivity index (χ2v) is 4.80. The van der Waals surface area contributed by atoms with Crippen molar-refractivity contribution in [3.63, 3.8) is 0 Å². The normalized spacial score (nSPS) is 12.0. The minimum absolute atomic E-state index is 0.226. The van der Waals surface area contributed by atoms with E-state index >= 15 is 0 Å². The number of guanidine groups is 1. The molecule has 1 heterocycles. The van der Waals surface area contributed by atoms with Crippen LogP contribution in [0.5, 0.6) is 0 Å². The number of nitrogens with one attached hydrogen (secondary N) is 2. The Morgan fingerprint density at radius 3 is 3.10 bits per heavy atom. The van der Waals surface area contributed by atoms with Crippen LogP contribution in [0.15, 0.2) is 29.4 Å². The predicted molar refractivity (Wildman–Crippen MR) is 81.4 cm³/mol. The summed E-state index contributed by atoms with van der Waals surface area (Å²) in [5.41, 5.74) is 7.74. The summed E-state index contributed by atoms with van der Waals surface area (Å²) in [5, 5.41) is 4.15. The Morgan fingerprint density at radius 2 is 2.30 bits per heavy atom. The summed E-state index contributed by atoms with van der Waals surface area (Å²) in [7, 11) is 0. The molecule has 1 aromatic heterocycles. The van der Waals surface area contributed by atoms with Crippen LogP contribution < -0.4 is 11.1 Å². The standard InChI is InChI=1S/C15H21FN4/c1-2-3-7-18-15(17)19-8-6-11-10-20-14-9-12(16)4-5-13(11)14/h4-5,9-10,20H,2-3,6-8H2,1H3,(H3,17,18,19). The number of H-pyrrole nitrogens is 1. The maximum atomic E-state index is 13.1. The molecule has 0 atom stereocenters. The molecule has 5 heteroatoms. The van der Waals surface area contributed by atoms with Gasteiger partial charge in [-0.2, -0.15) is 0 Å². The highest BCUT2D eigenvalue weighted by atomic mass is 19.1. The Labute approximate surface area is 118 Å². The number of unbranched alkanes of at least 4 members (excludes halogenated alkanes) is 1. The van der Waals surface area contributed by atoms with Gasteiger partial charge in [-0.15, -0.1) is 0 Å². The SMILES string of the molecule is CCCCN=C(N)NCCc1c[nH]c2cc(F)ccc12. The number of aliphatic imine (C=N–C) groups is 1. The summed E-state index contributed by atoms with van der Waals surface area (Å²) in [6.07, 6.45) is 4.89. The molecule has 0 amide bonds. The van der Waals surface area contributed by atoms with Crippen LogP contribution in [0.2, 0.25) is 0 Å². The molecule has 0 unspecified atom stereocenters. The Morgan fingerprint density at radius 1 is 1.45 bits per heavy atom. The summed E-state index contributed by atoms with van der Waals surface area (Å²) >= 11 is 0. The molecule has 0 aliphatic carbocycles. The van der Waals surface area contributed by atoms with Gasteiger partial charge in [-0.3, -0.25) is 4.99 Å². The molecule has 108 valence electrons. The maximum Gasteiger partial charge on any atom is 0.188 e. The number of nitrogens with two attached hydrogens (primary N) is 1. The van der Waals surface area contributed by atoms with Crippen molar-refractivity contribution in [1.29, 1.82) is 0 Å². The van der Waals surface area contributed by atoms with Gasteiger partial charge in [0.15, 0.2) is 5.96 Å². The summed E-state index contributed by atoms with van der Waals surface area (Å²) < 4.78 is 13.1. The van der Waals surface area contributed by atoms with Crippen molar-refractivity contribution in [1.82, 2.24) is 10.3 Å². The Hall–Kier alpha value is -2.04. The highest BCUT2D eigenvalue weighted by Crippen LogP contribution is 2.19. The molecule has 0 radical (unpaired) electrons. The van der Waals surface area contributed by atoms with E-state index in [4.69, 9.17) is 5.73 Å². The van der Waals surface area contributed by atoms with Crippen LogP contribution in [0.25, 0.3) is 10.9 Å². The smallest absolute Gasteiger partial charge is 0.188 e. The van der Waals surface area contributed by atoms with Crippen molar-refractivity contribution < 1.29 is 4.39 Å². The van der Waals surface area contributed by atoms with Gasteiger partial charge in [-0.05, 0) is 36.6 Å². The van der Waals surface area contributed by atoms with Gasteiger partial charge in [-0.25, -0.2) is 4.39 Å². The number of hydrogen-bond acceptors (Lipinski definition) is 1. The van der Waals surface area contributed by atoms with E-state index in [1.54, 1.807) is 6.07 Å². The zero-order valence-corrected chi connectivity index (χ0v) is 11.7. The van der Waals surface area contributed by atoms with Crippen LogP contribution >= 0.6 is 0 Å². The maximum absolute atomic E-state index is 13.1. The minimum Gasteiger partial charge on any atom is -0.370 e. The molecule has 2 rings (SSSR count). The monoisotopic (exact) mass is 276 g/mol. The van der Waals surface area contributed by atoms with E-state index in [0.29, 0.717) is 12.5 Å². The van der Waals surface area contributed by atoms with E-state index in [9.17, 15) is 4.39 Å². The first-order chi connectivity index (χ1) is 9.70. The number of benzene rings is 1. The third-order valence-corrected chi connectivity index (χ3v) is 3.22. The lowest BCUT2D eigenvalue weighted by atomic mass is 10.1. The number of aromatic nitrogens is 1. The van der Waals surface area contributed by atoms with Crippen LogP contribution in [0.1, 0.15) is 25.3 Å². The largest absolute Gasteiger partial charge is 0.370 e. The molecular weight excluding hydrogens is 255 g/mol. The van der Waals surface area contributed by atoms with Gasteiger partial charge in [0.1, 0.15) is 5.82 Å². The lowest BCUT2D eigenvalue weighted by molar-refractivity contribution is 0.629. The molecule has 0 saturated carbocycles. The minimum atomic E-state index is -0.226. The Balaban J connectivity index is 1.88. The summed E-state index contributed by atoms with van der Waals surface area (Å²) in [5.74, 6) is 0.265. The van der Waals surface area contributed by atoms with Gasteiger partial charge in [0.05, 0.1) is 0 Å². The second kappa shape index (κ2) is 6.93. The van der Waals surface area contributed by atoms with Crippen LogP contribution in [0, 0.1) is 5.82 Å². The molecule has 0 aliphatic rings. The Kier molecular flexibility index (Phi) is 4.98. The first-order valence-corrected chi connectivity index (χ1v) is 7.00. The van der Waals surface area contributed by atoms with Crippen molar-refractivity contribution in [2.24, 2.45) is 10.7 Å². The van der Waals surface area contributed by atoms with E-state index in [-0.39, 0.29) is 5.82 Å². The number of hydrogen-bond donors (Lipinski definition) is 3. The molecule has 4 N–H and O–H groups in total. The molecule has 1 aromatic carbocycles. The zero-order valence-electron chi connectivity index (χ0n) is 11.7. The van der Waals surface area contributed by atoms with Gasteiger partial charge in [0.2, 0.25) is 0 Å². The molecule has 0 aliphatic heterocycles. The molecule has 0 saturated heterocycles. The summed E-state index contributed by atoms with van der Waals surface area (Å²) in [4.78, 5) is 7.31. The predicted octanol–water partition coefficient (Wildman–Crippen LogP) is 2.55. The van der Waals surface area contributed by atoms with Gasteiger partial charge >= 0.3 is 0 Å². The van der Waals surface area contributed by atoms with Gasteiger partial charge in [0.25, 0.3) is 0 Å². The fourth-order valence-corrected chi connectivity index (χ4v) is 2.10. The van der Waals surface area contributed by atoms with Gasteiger partial charge < -0.3 is 16.0 Å². The second-order valence-electron chi connectivity index (χ2n) is 4.80. The molecule has 2 aromatic rings. The van der Waals surface area contributed by atoms with Crippen molar-refractivity contribution in [2.45, 2.75) is 26.2 Å². The molecule has 0 bridgehead atoms. The average molecular weight is 276 g/mol. The lowest BCUT2D eigenvalue weighted by Crippen LogP contribution is -2.33. The third kappa shape index (κ3) is 3.73. The van der Waals surface area contributed by atoms with Crippen LogP contribution in [0.4, 0.5) is 4.39 Å². The van der Waals surface area contributed by atoms with E-state index in [0.717, 1.165) is 42.3 Å². The number of nitrogens with zero attached hydrogens (tertiary/aromatic N) is 1. The first kappa shape index (κ1) is 14.4. The highest BCUT2D eigenvalue weighted by Gasteiger charge is 2.04. The third-order valence-electron chi connectivity index (χ3n) is 3.22. The molecule has 0 spiro atoms. The zero-order chi connectivity index (χ0) is 14.4. The number of aromatic amines is 1. The summed E-state index contributed by atoms with van der Waals surface area (Å²) in [6, 6.07) is 4.79. The van der Waals surface area contributed by atoms with E-state index in [1.807, 2.05) is 6.20 Å². The van der Waals surface area contributed by atoms with Crippen molar-refractivity contribution >= 4 is 16.9 Å². The average Bonchev–Trinajstić information content (AvgIpc) is 2.81. The quantitative estimate of drug-likeness (QED) is 0.431.